The Bertz CT molecular complexity index is 1130. The van der Waals surface area contributed by atoms with E-state index in [1.165, 1.54) is 13.0 Å². The largest absolute Gasteiger partial charge is 0.497 e. The third kappa shape index (κ3) is 4.61. The molecule has 0 aliphatic heterocycles. The molecule has 2 heterocycles. The summed E-state index contributed by atoms with van der Waals surface area (Å²) < 4.78 is 12.5. The average molecular weight is 442 g/mol. The van der Waals surface area contributed by atoms with Crippen molar-refractivity contribution in [1.29, 1.82) is 0 Å². The van der Waals surface area contributed by atoms with Crippen LogP contribution in [0.1, 0.15) is 39.0 Å². The van der Waals surface area contributed by atoms with Gasteiger partial charge < -0.3 is 25.1 Å². The van der Waals surface area contributed by atoms with E-state index >= 15 is 0 Å². The predicted molar refractivity (Wildman–Crippen MR) is 118 cm³/mol. The first-order chi connectivity index (χ1) is 14.7. The number of aromatic nitrogens is 1. The lowest BCUT2D eigenvalue weighted by Gasteiger charge is -2.14. The van der Waals surface area contributed by atoms with E-state index < -0.39 is 23.9 Å². The van der Waals surface area contributed by atoms with Gasteiger partial charge in [0.1, 0.15) is 10.8 Å². The molecule has 31 heavy (non-hydrogen) atoms. The number of amides is 2. The fraction of sp³-hybridized carbons (Fsp3) is 0.227. The molecule has 1 unspecified atom stereocenters. The van der Waals surface area contributed by atoms with Crippen LogP contribution in [0.15, 0.2) is 41.8 Å². The zero-order valence-corrected chi connectivity index (χ0v) is 18.4. The highest BCUT2D eigenvalue weighted by atomic mass is 32.1. The molecular formula is C22H23N3O5S. The molecule has 0 saturated heterocycles. The minimum absolute atomic E-state index is 0.208. The van der Waals surface area contributed by atoms with Crippen molar-refractivity contribution in [3.8, 4) is 11.4 Å². The molecule has 3 N–H and O–H groups in total. The van der Waals surface area contributed by atoms with Crippen LogP contribution in [0.2, 0.25) is 0 Å². The topological polar surface area (TPSA) is 113 Å². The molecule has 0 saturated carbocycles. The molecule has 0 radical (unpaired) electrons. The first-order valence-corrected chi connectivity index (χ1v) is 10.3. The van der Waals surface area contributed by atoms with E-state index in [0.717, 1.165) is 28.5 Å². The summed E-state index contributed by atoms with van der Waals surface area (Å²) in [5, 5.41) is 4.54. The number of esters is 1. The highest BCUT2D eigenvalue weighted by Crippen LogP contribution is 2.25. The fourth-order valence-electron chi connectivity index (χ4n) is 3.19. The summed E-state index contributed by atoms with van der Waals surface area (Å²) in [6.07, 6.45) is -1.07. The van der Waals surface area contributed by atoms with Gasteiger partial charge in [0, 0.05) is 17.1 Å². The lowest BCUT2D eigenvalue weighted by molar-refractivity contribution is -0.123. The quantitative estimate of drug-likeness (QED) is 0.546. The van der Waals surface area contributed by atoms with E-state index in [1.54, 1.807) is 18.6 Å². The molecule has 9 heteroatoms. The molecule has 8 nitrogen and oxygen atoms in total. The second-order valence-corrected chi connectivity index (χ2v) is 7.80. The Balaban J connectivity index is 1.74. The summed E-state index contributed by atoms with van der Waals surface area (Å²) in [6, 6.07) is 10.7. The van der Waals surface area contributed by atoms with E-state index in [1.807, 2.05) is 42.7 Å². The number of nitrogens with zero attached hydrogens (tertiary/aromatic N) is 1. The van der Waals surface area contributed by atoms with Gasteiger partial charge in [0.25, 0.3) is 11.8 Å². The monoisotopic (exact) mass is 441 g/mol. The Kier molecular flexibility index (Phi) is 6.45. The summed E-state index contributed by atoms with van der Waals surface area (Å²) >= 11 is 1.16. The standard InChI is InChI=1S/C22H23N3O5S/c1-12-11-18(13(2)25(12)15-5-7-16(29-4)8-6-15)22(28)30-14(3)20(27)24-21-17(19(23)26)9-10-31-21/h5-11,14H,1-4H3,(H2,23,26)(H,24,27). The molecule has 2 aromatic heterocycles. The van der Waals surface area contributed by atoms with Gasteiger partial charge in [-0.1, -0.05) is 0 Å². The zero-order chi connectivity index (χ0) is 22.7. The SMILES string of the molecule is COc1ccc(-n2c(C)cc(C(=O)OC(C)C(=O)Nc3sccc3C(N)=O)c2C)cc1. The second-order valence-electron chi connectivity index (χ2n) is 6.88. The van der Waals surface area contributed by atoms with E-state index in [9.17, 15) is 14.4 Å². The van der Waals surface area contributed by atoms with E-state index in [2.05, 4.69) is 5.32 Å². The number of methoxy groups -OCH3 is 1. The van der Waals surface area contributed by atoms with Crippen molar-refractivity contribution in [2.45, 2.75) is 26.9 Å². The van der Waals surface area contributed by atoms with Gasteiger partial charge in [-0.05, 0) is 62.5 Å². The highest BCUT2D eigenvalue weighted by Gasteiger charge is 2.24. The Labute approximate surface area is 183 Å². The smallest absolute Gasteiger partial charge is 0.340 e. The van der Waals surface area contributed by atoms with Gasteiger partial charge in [0.2, 0.25) is 0 Å². The van der Waals surface area contributed by atoms with Crippen LogP contribution in [0, 0.1) is 13.8 Å². The second kappa shape index (κ2) is 9.05. The van der Waals surface area contributed by atoms with Crippen LogP contribution in [0.3, 0.4) is 0 Å². The molecule has 1 aromatic carbocycles. The van der Waals surface area contributed by atoms with Gasteiger partial charge in [-0.15, -0.1) is 11.3 Å². The number of carbonyl (C=O) groups is 3. The molecule has 162 valence electrons. The number of nitrogens with one attached hydrogen (secondary N) is 1. The number of thiophene rings is 1. The summed E-state index contributed by atoms with van der Waals surface area (Å²) in [7, 11) is 1.60. The fourth-order valence-corrected chi connectivity index (χ4v) is 3.98. The number of nitrogens with two attached hydrogens (primary N) is 1. The summed E-state index contributed by atoms with van der Waals surface area (Å²) in [5.74, 6) is -1.08. The molecule has 3 aromatic rings. The molecule has 0 fully saturated rings. The van der Waals surface area contributed by atoms with Gasteiger partial charge in [0.15, 0.2) is 6.10 Å². The Hall–Kier alpha value is -3.59. The first-order valence-electron chi connectivity index (χ1n) is 9.45. The van der Waals surface area contributed by atoms with E-state index in [4.69, 9.17) is 15.2 Å². The Morgan fingerprint density at radius 1 is 1.10 bits per heavy atom. The minimum Gasteiger partial charge on any atom is -0.497 e. The van der Waals surface area contributed by atoms with Crippen molar-refractivity contribution in [3.63, 3.8) is 0 Å². The van der Waals surface area contributed by atoms with Crippen molar-refractivity contribution in [2.24, 2.45) is 5.73 Å². The number of anilines is 1. The van der Waals surface area contributed by atoms with Gasteiger partial charge >= 0.3 is 5.97 Å². The van der Waals surface area contributed by atoms with Gasteiger partial charge in [0.05, 0.1) is 18.2 Å². The molecule has 0 aliphatic rings. The number of carbonyl (C=O) groups excluding carboxylic acids is 3. The van der Waals surface area contributed by atoms with Crippen LogP contribution in [-0.4, -0.2) is 35.6 Å². The lowest BCUT2D eigenvalue weighted by Crippen LogP contribution is -2.30. The summed E-state index contributed by atoms with van der Waals surface area (Å²) in [5.41, 5.74) is 8.26. The zero-order valence-electron chi connectivity index (χ0n) is 17.6. The summed E-state index contributed by atoms with van der Waals surface area (Å²) in [4.78, 5) is 36.6. The Morgan fingerprint density at radius 3 is 2.39 bits per heavy atom. The number of hydrogen-bond donors (Lipinski definition) is 2. The Morgan fingerprint density at radius 2 is 1.77 bits per heavy atom. The molecule has 0 spiro atoms. The number of benzene rings is 1. The van der Waals surface area contributed by atoms with Crippen LogP contribution >= 0.6 is 11.3 Å². The third-order valence-electron chi connectivity index (χ3n) is 4.80. The maximum Gasteiger partial charge on any atom is 0.340 e. The minimum atomic E-state index is -1.07. The maximum atomic E-state index is 12.7. The van der Waals surface area contributed by atoms with Crippen LogP contribution in [0.5, 0.6) is 5.75 Å². The summed E-state index contributed by atoms with van der Waals surface area (Å²) in [6.45, 7) is 5.16. The van der Waals surface area contributed by atoms with Crippen molar-refractivity contribution in [3.05, 3.63) is 64.3 Å². The molecule has 1 atom stereocenters. The van der Waals surface area contributed by atoms with Gasteiger partial charge in [-0.2, -0.15) is 0 Å². The number of hydrogen-bond acceptors (Lipinski definition) is 6. The van der Waals surface area contributed by atoms with E-state index in [-0.39, 0.29) is 5.56 Å². The third-order valence-corrected chi connectivity index (χ3v) is 5.63. The van der Waals surface area contributed by atoms with Crippen LogP contribution < -0.4 is 15.8 Å². The van der Waals surface area contributed by atoms with Gasteiger partial charge in [-0.3, -0.25) is 9.59 Å². The van der Waals surface area contributed by atoms with Crippen molar-refractivity contribution in [1.82, 2.24) is 4.57 Å². The van der Waals surface area contributed by atoms with Crippen LogP contribution in [0.4, 0.5) is 5.00 Å². The molecule has 0 aliphatic carbocycles. The first kappa shape index (κ1) is 22.1. The lowest BCUT2D eigenvalue weighted by atomic mass is 10.2. The molecule has 2 amide bonds. The molecule has 3 rings (SSSR count). The average Bonchev–Trinajstić information content (AvgIpc) is 3.32. The van der Waals surface area contributed by atoms with Gasteiger partial charge in [-0.25, -0.2) is 4.79 Å². The van der Waals surface area contributed by atoms with E-state index in [0.29, 0.717) is 16.3 Å². The number of primary amides is 1. The molecular weight excluding hydrogens is 418 g/mol. The highest BCUT2D eigenvalue weighted by molar-refractivity contribution is 7.14. The maximum absolute atomic E-state index is 12.7. The van der Waals surface area contributed by atoms with Crippen LogP contribution in [-0.2, 0) is 9.53 Å². The number of aryl methyl sites for hydroxylation is 1. The molecule has 0 bridgehead atoms. The number of rotatable bonds is 7. The normalized spacial score (nSPS) is 11.6. The van der Waals surface area contributed by atoms with Crippen LogP contribution in [0.25, 0.3) is 5.69 Å². The predicted octanol–water partition coefficient (Wildman–Crippen LogP) is 3.45. The van der Waals surface area contributed by atoms with Crippen molar-refractivity contribution < 1.29 is 23.9 Å². The number of ether oxygens (including phenoxy) is 2. The van der Waals surface area contributed by atoms with Crippen molar-refractivity contribution in [2.75, 3.05) is 12.4 Å². The van der Waals surface area contributed by atoms with Crippen molar-refractivity contribution >= 4 is 34.1 Å².